The minimum Gasteiger partial charge on any atom is -0.466 e. The predicted molar refractivity (Wildman–Crippen MR) is 124 cm³/mol. The minimum atomic E-state index is -0.209. The van der Waals surface area contributed by atoms with Gasteiger partial charge in [-0.1, -0.05) is 50.1 Å². The van der Waals surface area contributed by atoms with E-state index in [1.54, 1.807) is 18.7 Å². The third-order valence-electron chi connectivity index (χ3n) is 5.16. The average molecular weight is 442 g/mol. The van der Waals surface area contributed by atoms with Crippen molar-refractivity contribution in [3.05, 3.63) is 60.2 Å². The molecule has 1 aliphatic heterocycles. The molecule has 1 amide bonds. The molecule has 31 heavy (non-hydrogen) atoms. The van der Waals surface area contributed by atoms with Crippen LogP contribution in [0.25, 0.3) is 0 Å². The van der Waals surface area contributed by atoms with Crippen molar-refractivity contribution < 1.29 is 19.1 Å². The zero-order chi connectivity index (χ0) is 22.1. The van der Waals surface area contributed by atoms with Crippen LogP contribution in [0, 0.1) is 0 Å². The van der Waals surface area contributed by atoms with Crippen molar-refractivity contribution in [3.8, 4) is 11.5 Å². The molecule has 5 nitrogen and oxygen atoms in total. The Kier molecular flexibility index (Phi) is 8.83. The normalized spacial score (nSPS) is 18.3. The molecular weight excluding hydrogens is 410 g/mol. The molecule has 1 fully saturated rings. The number of hydrogen-bond donors (Lipinski definition) is 0. The number of benzene rings is 2. The van der Waals surface area contributed by atoms with Gasteiger partial charge in [-0.05, 0) is 49.6 Å². The van der Waals surface area contributed by atoms with Gasteiger partial charge in [-0.15, -0.1) is 11.8 Å². The SMILES string of the molecule is CCCCC1SC(c2cccc(Oc3ccccc3)c2)N(CCCC(=O)OCC)C1=O. The summed E-state index contributed by atoms with van der Waals surface area (Å²) in [5.41, 5.74) is 1.04. The number of rotatable bonds is 11. The quantitative estimate of drug-likeness (QED) is 0.403. The molecule has 0 saturated carbocycles. The van der Waals surface area contributed by atoms with E-state index in [1.165, 1.54) is 0 Å². The average Bonchev–Trinajstić information content (AvgIpc) is 3.09. The predicted octanol–water partition coefficient (Wildman–Crippen LogP) is 5.96. The Labute approximate surface area is 189 Å². The molecule has 2 aromatic carbocycles. The van der Waals surface area contributed by atoms with Crippen molar-refractivity contribution >= 4 is 23.6 Å². The van der Waals surface area contributed by atoms with E-state index in [2.05, 4.69) is 6.92 Å². The van der Waals surface area contributed by atoms with Crippen molar-refractivity contribution in [3.63, 3.8) is 0 Å². The summed E-state index contributed by atoms with van der Waals surface area (Å²) >= 11 is 1.71. The van der Waals surface area contributed by atoms with Gasteiger partial charge < -0.3 is 14.4 Å². The summed E-state index contributed by atoms with van der Waals surface area (Å²) in [7, 11) is 0. The first-order chi connectivity index (χ1) is 15.1. The first kappa shape index (κ1) is 23.2. The largest absolute Gasteiger partial charge is 0.466 e. The van der Waals surface area contributed by atoms with E-state index in [0.29, 0.717) is 26.0 Å². The van der Waals surface area contributed by atoms with Gasteiger partial charge in [-0.25, -0.2) is 0 Å². The fourth-order valence-corrected chi connectivity index (χ4v) is 5.16. The lowest BCUT2D eigenvalue weighted by atomic mass is 10.1. The van der Waals surface area contributed by atoms with Gasteiger partial charge in [-0.2, -0.15) is 0 Å². The fraction of sp³-hybridized carbons (Fsp3) is 0.440. The molecule has 0 aromatic heterocycles. The third-order valence-corrected chi connectivity index (χ3v) is 6.71. The Morgan fingerprint density at radius 3 is 2.55 bits per heavy atom. The number of thioether (sulfide) groups is 1. The van der Waals surface area contributed by atoms with Crippen LogP contribution in [0.4, 0.5) is 0 Å². The highest BCUT2D eigenvalue weighted by Gasteiger charge is 2.40. The number of carbonyl (C=O) groups excluding carboxylic acids is 2. The van der Waals surface area contributed by atoms with E-state index >= 15 is 0 Å². The maximum Gasteiger partial charge on any atom is 0.305 e. The van der Waals surface area contributed by atoms with Crippen LogP contribution >= 0.6 is 11.8 Å². The minimum absolute atomic E-state index is 0.0359. The van der Waals surface area contributed by atoms with E-state index < -0.39 is 0 Å². The molecule has 0 N–H and O–H groups in total. The second-order valence-corrected chi connectivity index (χ2v) is 8.83. The number of carbonyl (C=O) groups is 2. The van der Waals surface area contributed by atoms with E-state index in [-0.39, 0.29) is 22.5 Å². The van der Waals surface area contributed by atoms with Gasteiger partial charge in [0.2, 0.25) is 5.91 Å². The molecule has 1 heterocycles. The molecule has 3 rings (SSSR count). The van der Waals surface area contributed by atoms with Crippen LogP contribution in [0.15, 0.2) is 54.6 Å². The highest BCUT2D eigenvalue weighted by Crippen LogP contribution is 2.45. The molecule has 0 aliphatic carbocycles. The monoisotopic (exact) mass is 441 g/mol. The number of para-hydroxylation sites is 1. The Balaban J connectivity index is 1.74. The highest BCUT2D eigenvalue weighted by molar-refractivity contribution is 8.01. The molecule has 6 heteroatoms. The molecule has 1 aliphatic rings. The second-order valence-electron chi connectivity index (χ2n) is 7.55. The van der Waals surface area contributed by atoms with Crippen LogP contribution < -0.4 is 4.74 Å². The summed E-state index contributed by atoms with van der Waals surface area (Å²) in [5, 5.41) is -0.109. The lowest BCUT2D eigenvalue weighted by molar-refractivity contribution is -0.143. The third kappa shape index (κ3) is 6.50. The van der Waals surface area contributed by atoms with Gasteiger partial charge in [0.25, 0.3) is 0 Å². The van der Waals surface area contributed by atoms with Crippen molar-refractivity contribution in [2.45, 2.75) is 56.6 Å². The van der Waals surface area contributed by atoms with Gasteiger partial charge in [0.15, 0.2) is 0 Å². The molecular formula is C25H31NO4S. The van der Waals surface area contributed by atoms with Crippen molar-refractivity contribution in [2.24, 2.45) is 0 Å². The van der Waals surface area contributed by atoms with Crippen molar-refractivity contribution in [2.75, 3.05) is 13.2 Å². The van der Waals surface area contributed by atoms with Crippen LogP contribution in [0.1, 0.15) is 56.9 Å². The van der Waals surface area contributed by atoms with E-state index in [9.17, 15) is 9.59 Å². The number of esters is 1. The molecule has 2 unspecified atom stereocenters. The first-order valence-electron chi connectivity index (χ1n) is 11.1. The summed E-state index contributed by atoms with van der Waals surface area (Å²) < 4.78 is 11.0. The van der Waals surface area contributed by atoms with Crippen molar-refractivity contribution in [1.29, 1.82) is 0 Å². The standard InChI is InChI=1S/C25H31NO4S/c1-3-5-15-22-24(28)26(17-10-16-23(27)29-4-2)25(31-22)19-11-9-14-21(18-19)30-20-12-7-6-8-13-20/h6-9,11-14,18,22,25H,3-5,10,15-17H2,1-2H3. The summed E-state index contributed by atoms with van der Waals surface area (Å²) in [4.78, 5) is 26.8. The topological polar surface area (TPSA) is 55.8 Å². The molecule has 1 saturated heterocycles. The summed E-state index contributed by atoms with van der Waals surface area (Å²) in [6.45, 7) is 4.87. The van der Waals surface area contributed by atoms with Crippen LogP contribution in [-0.4, -0.2) is 35.2 Å². The highest BCUT2D eigenvalue weighted by atomic mass is 32.2. The van der Waals surface area contributed by atoms with Crippen LogP contribution in [0.2, 0.25) is 0 Å². The first-order valence-corrected chi connectivity index (χ1v) is 12.0. The van der Waals surface area contributed by atoms with Crippen LogP contribution in [0.3, 0.4) is 0 Å². The zero-order valence-electron chi connectivity index (χ0n) is 18.3. The number of nitrogens with zero attached hydrogens (tertiary/aromatic N) is 1. The number of unbranched alkanes of at least 4 members (excludes halogenated alkanes) is 1. The maximum absolute atomic E-state index is 13.1. The van der Waals surface area contributed by atoms with Gasteiger partial charge in [-0.3, -0.25) is 9.59 Å². The Morgan fingerprint density at radius 1 is 1.03 bits per heavy atom. The lowest BCUT2D eigenvalue weighted by Crippen LogP contribution is -2.32. The van der Waals surface area contributed by atoms with E-state index in [4.69, 9.17) is 9.47 Å². The maximum atomic E-state index is 13.1. The molecule has 2 aromatic rings. The molecule has 0 radical (unpaired) electrons. The van der Waals surface area contributed by atoms with Crippen LogP contribution in [0.5, 0.6) is 11.5 Å². The van der Waals surface area contributed by atoms with Crippen LogP contribution in [-0.2, 0) is 14.3 Å². The number of hydrogen-bond acceptors (Lipinski definition) is 5. The molecule has 166 valence electrons. The van der Waals surface area contributed by atoms with Crippen molar-refractivity contribution in [1.82, 2.24) is 4.90 Å². The van der Waals surface area contributed by atoms with Gasteiger partial charge >= 0.3 is 5.97 Å². The van der Waals surface area contributed by atoms with Gasteiger partial charge in [0.1, 0.15) is 16.9 Å². The van der Waals surface area contributed by atoms with E-state index in [0.717, 1.165) is 36.3 Å². The molecule has 0 spiro atoms. The molecule has 0 bridgehead atoms. The lowest BCUT2D eigenvalue weighted by Gasteiger charge is -2.24. The Bertz CT molecular complexity index is 858. The zero-order valence-corrected chi connectivity index (χ0v) is 19.1. The van der Waals surface area contributed by atoms with Gasteiger partial charge in [0, 0.05) is 13.0 Å². The van der Waals surface area contributed by atoms with E-state index in [1.807, 2.05) is 59.5 Å². The smallest absolute Gasteiger partial charge is 0.305 e. The summed E-state index contributed by atoms with van der Waals surface area (Å²) in [6, 6.07) is 17.6. The fourth-order valence-electron chi connectivity index (χ4n) is 3.64. The number of amides is 1. The summed E-state index contributed by atoms with van der Waals surface area (Å²) in [5.74, 6) is 1.49. The molecule has 2 atom stereocenters. The van der Waals surface area contributed by atoms with Gasteiger partial charge in [0.05, 0.1) is 11.9 Å². The Hall–Kier alpha value is -2.47. The number of ether oxygens (including phenoxy) is 2. The Morgan fingerprint density at radius 2 is 1.81 bits per heavy atom. The summed E-state index contributed by atoms with van der Waals surface area (Å²) in [6.07, 6.45) is 3.90. The second kappa shape index (κ2) is 11.8.